The SMILES string of the molecule is CC(C)N(CCC1NCCC1(C)C)C1CCC1. The molecule has 2 aliphatic rings. The van der Waals surface area contributed by atoms with Crippen LogP contribution in [0.5, 0.6) is 0 Å². The van der Waals surface area contributed by atoms with Gasteiger partial charge in [0.2, 0.25) is 0 Å². The Bertz CT molecular complexity index is 243. The first-order valence-electron chi connectivity index (χ1n) is 7.50. The molecular formula is C15H30N2. The molecule has 1 heterocycles. The lowest BCUT2D eigenvalue weighted by Crippen LogP contribution is -2.47. The zero-order valence-electron chi connectivity index (χ0n) is 12.1. The van der Waals surface area contributed by atoms with Gasteiger partial charge < -0.3 is 5.32 Å². The van der Waals surface area contributed by atoms with Crippen molar-refractivity contribution in [2.24, 2.45) is 5.41 Å². The molecule has 2 rings (SSSR count). The van der Waals surface area contributed by atoms with Crippen molar-refractivity contribution >= 4 is 0 Å². The van der Waals surface area contributed by atoms with E-state index in [-0.39, 0.29) is 0 Å². The highest BCUT2D eigenvalue weighted by Crippen LogP contribution is 2.33. The predicted octanol–water partition coefficient (Wildman–Crippen LogP) is 3.03. The standard InChI is InChI=1S/C15H30N2/c1-12(2)17(13-6-5-7-13)11-8-14-15(3,4)9-10-16-14/h12-14,16H,5-11H2,1-4H3. The highest BCUT2D eigenvalue weighted by atomic mass is 15.2. The summed E-state index contributed by atoms with van der Waals surface area (Å²) in [6.45, 7) is 12.0. The topological polar surface area (TPSA) is 15.3 Å². The van der Waals surface area contributed by atoms with Gasteiger partial charge >= 0.3 is 0 Å². The Morgan fingerprint density at radius 1 is 1.29 bits per heavy atom. The van der Waals surface area contributed by atoms with E-state index in [2.05, 4.69) is 37.9 Å². The third-order valence-electron chi connectivity index (χ3n) is 4.99. The molecular weight excluding hydrogens is 208 g/mol. The number of hydrogen-bond acceptors (Lipinski definition) is 2. The Morgan fingerprint density at radius 3 is 2.41 bits per heavy atom. The first-order valence-corrected chi connectivity index (χ1v) is 7.50. The van der Waals surface area contributed by atoms with Gasteiger partial charge in [-0.05, 0) is 51.5 Å². The minimum Gasteiger partial charge on any atom is -0.313 e. The van der Waals surface area contributed by atoms with E-state index in [0.717, 1.165) is 12.1 Å². The predicted molar refractivity (Wildman–Crippen MR) is 74.3 cm³/mol. The van der Waals surface area contributed by atoms with Gasteiger partial charge in [0.05, 0.1) is 0 Å². The molecule has 1 atom stereocenters. The molecule has 100 valence electrons. The molecule has 1 aliphatic heterocycles. The summed E-state index contributed by atoms with van der Waals surface area (Å²) in [6.07, 6.45) is 6.96. The second-order valence-corrected chi connectivity index (χ2v) is 6.95. The molecule has 0 bridgehead atoms. The molecule has 1 saturated heterocycles. The molecule has 1 N–H and O–H groups in total. The maximum atomic E-state index is 3.69. The summed E-state index contributed by atoms with van der Waals surface area (Å²) in [5.74, 6) is 0. The van der Waals surface area contributed by atoms with Crippen LogP contribution in [0, 0.1) is 5.41 Å². The molecule has 0 aromatic carbocycles. The van der Waals surface area contributed by atoms with Crippen LogP contribution in [0.3, 0.4) is 0 Å². The van der Waals surface area contributed by atoms with Crippen molar-refractivity contribution < 1.29 is 0 Å². The summed E-state index contributed by atoms with van der Waals surface area (Å²) < 4.78 is 0. The van der Waals surface area contributed by atoms with Crippen LogP contribution < -0.4 is 5.32 Å². The lowest BCUT2D eigenvalue weighted by molar-refractivity contribution is 0.0852. The lowest BCUT2D eigenvalue weighted by atomic mass is 9.83. The van der Waals surface area contributed by atoms with Gasteiger partial charge in [0.15, 0.2) is 0 Å². The van der Waals surface area contributed by atoms with Crippen LogP contribution in [0.15, 0.2) is 0 Å². The van der Waals surface area contributed by atoms with Gasteiger partial charge in [-0.1, -0.05) is 20.3 Å². The minimum atomic E-state index is 0.502. The van der Waals surface area contributed by atoms with Crippen molar-refractivity contribution in [3.63, 3.8) is 0 Å². The van der Waals surface area contributed by atoms with Crippen molar-refractivity contribution in [2.45, 2.75) is 77.9 Å². The normalized spacial score (nSPS) is 28.9. The van der Waals surface area contributed by atoms with Gasteiger partial charge in [0.25, 0.3) is 0 Å². The van der Waals surface area contributed by atoms with Crippen LogP contribution in [0.1, 0.15) is 59.8 Å². The first kappa shape index (κ1) is 13.4. The average Bonchev–Trinajstić information content (AvgIpc) is 2.48. The molecule has 0 spiro atoms. The van der Waals surface area contributed by atoms with Crippen LogP contribution in [-0.2, 0) is 0 Å². The fourth-order valence-corrected chi connectivity index (χ4v) is 3.37. The Kier molecular flexibility index (Phi) is 4.14. The lowest BCUT2D eigenvalue weighted by Gasteiger charge is -2.41. The van der Waals surface area contributed by atoms with Gasteiger partial charge in [-0.15, -0.1) is 0 Å². The fraction of sp³-hybridized carbons (Fsp3) is 1.00. The molecule has 2 fully saturated rings. The third-order valence-corrected chi connectivity index (χ3v) is 4.99. The van der Waals surface area contributed by atoms with Crippen LogP contribution in [0.4, 0.5) is 0 Å². The number of rotatable bonds is 5. The molecule has 1 saturated carbocycles. The van der Waals surface area contributed by atoms with E-state index in [1.807, 2.05) is 0 Å². The molecule has 2 heteroatoms. The van der Waals surface area contributed by atoms with E-state index in [1.165, 1.54) is 45.2 Å². The van der Waals surface area contributed by atoms with Crippen LogP contribution >= 0.6 is 0 Å². The van der Waals surface area contributed by atoms with Crippen LogP contribution in [0.2, 0.25) is 0 Å². The van der Waals surface area contributed by atoms with E-state index in [9.17, 15) is 0 Å². The summed E-state index contributed by atoms with van der Waals surface area (Å²) in [5.41, 5.74) is 0.502. The second-order valence-electron chi connectivity index (χ2n) is 6.95. The monoisotopic (exact) mass is 238 g/mol. The molecule has 0 aromatic rings. The fourth-order valence-electron chi connectivity index (χ4n) is 3.37. The maximum Gasteiger partial charge on any atom is 0.0131 e. The first-order chi connectivity index (χ1) is 8.00. The van der Waals surface area contributed by atoms with Gasteiger partial charge in [-0.25, -0.2) is 0 Å². The van der Waals surface area contributed by atoms with E-state index < -0.39 is 0 Å². The minimum absolute atomic E-state index is 0.502. The average molecular weight is 238 g/mol. The molecule has 0 aromatic heterocycles. The van der Waals surface area contributed by atoms with Gasteiger partial charge in [-0.2, -0.15) is 0 Å². The third kappa shape index (κ3) is 3.03. The quantitative estimate of drug-likeness (QED) is 0.792. The zero-order valence-corrected chi connectivity index (χ0v) is 12.1. The second kappa shape index (κ2) is 5.27. The Hall–Kier alpha value is -0.0800. The van der Waals surface area contributed by atoms with E-state index in [1.54, 1.807) is 0 Å². The number of nitrogens with zero attached hydrogens (tertiary/aromatic N) is 1. The summed E-state index contributed by atoms with van der Waals surface area (Å²) in [5, 5.41) is 3.69. The van der Waals surface area contributed by atoms with Crippen molar-refractivity contribution in [3.05, 3.63) is 0 Å². The summed E-state index contributed by atoms with van der Waals surface area (Å²) in [6, 6.07) is 2.33. The van der Waals surface area contributed by atoms with Crippen molar-refractivity contribution in [1.82, 2.24) is 10.2 Å². The molecule has 0 amide bonds. The van der Waals surface area contributed by atoms with E-state index >= 15 is 0 Å². The molecule has 1 unspecified atom stereocenters. The smallest absolute Gasteiger partial charge is 0.0131 e. The van der Waals surface area contributed by atoms with Crippen LogP contribution in [-0.4, -0.2) is 36.1 Å². The molecule has 1 aliphatic carbocycles. The van der Waals surface area contributed by atoms with Crippen LogP contribution in [0.25, 0.3) is 0 Å². The van der Waals surface area contributed by atoms with Crippen molar-refractivity contribution in [3.8, 4) is 0 Å². The van der Waals surface area contributed by atoms with Gasteiger partial charge in [0.1, 0.15) is 0 Å². The Labute approximate surface area is 107 Å². The molecule has 0 radical (unpaired) electrons. The van der Waals surface area contributed by atoms with E-state index in [4.69, 9.17) is 0 Å². The van der Waals surface area contributed by atoms with Crippen molar-refractivity contribution in [1.29, 1.82) is 0 Å². The zero-order chi connectivity index (χ0) is 12.5. The van der Waals surface area contributed by atoms with E-state index in [0.29, 0.717) is 11.5 Å². The Balaban J connectivity index is 1.82. The Morgan fingerprint density at radius 2 is 2.00 bits per heavy atom. The van der Waals surface area contributed by atoms with Crippen molar-refractivity contribution in [2.75, 3.05) is 13.1 Å². The highest BCUT2D eigenvalue weighted by molar-refractivity contribution is 4.92. The maximum absolute atomic E-state index is 3.69. The largest absolute Gasteiger partial charge is 0.313 e. The molecule has 2 nitrogen and oxygen atoms in total. The molecule has 17 heavy (non-hydrogen) atoms. The summed E-state index contributed by atoms with van der Waals surface area (Å²) in [7, 11) is 0. The summed E-state index contributed by atoms with van der Waals surface area (Å²) in [4.78, 5) is 2.74. The highest BCUT2D eigenvalue weighted by Gasteiger charge is 2.35. The number of nitrogens with one attached hydrogen (secondary N) is 1. The van der Waals surface area contributed by atoms with Gasteiger partial charge in [-0.3, -0.25) is 4.90 Å². The number of hydrogen-bond donors (Lipinski definition) is 1. The van der Waals surface area contributed by atoms with Gasteiger partial charge in [0, 0.05) is 24.7 Å². The summed E-state index contributed by atoms with van der Waals surface area (Å²) >= 11 is 0.